The van der Waals surface area contributed by atoms with Crippen molar-refractivity contribution in [2.24, 2.45) is 4.99 Å². The average Bonchev–Trinajstić information content (AvgIpc) is 2.28. The lowest BCUT2D eigenvalue weighted by molar-refractivity contribution is 0.227. The third-order valence-corrected chi connectivity index (χ3v) is 2.61. The van der Waals surface area contributed by atoms with Gasteiger partial charge in [0.2, 0.25) is 0 Å². The van der Waals surface area contributed by atoms with Crippen molar-refractivity contribution in [1.82, 2.24) is 0 Å². The number of benzene rings is 1. The van der Waals surface area contributed by atoms with Crippen LogP contribution in [0, 0.1) is 6.92 Å². The second-order valence-corrected chi connectivity index (χ2v) is 4.15. The van der Waals surface area contributed by atoms with Crippen LogP contribution in [0.3, 0.4) is 0 Å². The predicted molar refractivity (Wildman–Crippen MR) is 69.6 cm³/mol. The highest BCUT2D eigenvalue weighted by atomic mass is 32.2. The molecular formula is C11H11NO2S2. The molecule has 0 bridgehead atoms. The van der Waals surface area contributed by atoms with E-state index in [9.17, 15) is 4.79 Å². The Kier molecular flexibility index (Phi) is 5.78. The molecule has 0 N–H and O–H groups in total. The summed E-state index contributed by atoms with van der Waals surface area (Å²) in [5.74, 6) is 1.15. The number of nitrogens with zero attached hydrogens (tertiary/aromatic N) is 1. The van der Waals surface area contributed by atoms with E-state index in [0.717, 1.165) is 17.3 Å². The van der Waals surface area contributed by atoms with E-state index >= 15 is 0 Å². The van der Waals surface area contributed by atoms with E-state index < -0.39 is 0 Å². The molecule has 84 valence electrons. The number of rotatable bonds is 4. The molecule has 0 spiro atoms. The minimum absolute atomic E-state index is 0.325. The fourth-order valence-electron chi connectivity index (χ4n) is 1.01. The van der Waals surface area contributed by atoms with Gasteiger partial charge in [0.1, 0.15) is 5.75 Å². The number of aryl methyl sites for hydroxylation is 1. The van der Waals surface area contributed by atoms with E-state index in [1.165, 1.54) is 0 Å². The van der Waals surface area contributed by atoms with Crippen LogP contribution in [0.2, 0.25) is 0 Å². The zero-order chi connectivity index (χ0) is 11.8. The number of ether oxygens (including phenoxy) is 1. The van der Waals surface area contributed by atoms with Crippen molar-refractivity contribution in [3.63, 3.8) is 0 Å². The van der Waals surface area contributed by atoms with Crippen LogP contribution >= 0.6 is 24.0 Å². The largest absolute Gasteiger partial charge is 0.418 e. The van der Waals surface area contributed by atoms with Crippen molar-refractivity contribution in [3.05, 3.63) is 29.8 Å². The summed E-state index contributed by atoms with van der Waals surface area (Å²) in [5, 5.41) is 1.92. The number of para-hydroxylation sites is 1. The highest BCUT2D eigenvalue weighted by molar-refractivity contribution is 8.13. The molecule has 0 fully saturated rings. The molecule has 0 unspecified atom stereocenters. The van der Waals surface area contributed by atoms with Gasteiger partial charge in [0.05, 0.1) is 11.7 Å². The van der Waals surface area contributed by atoms with Gasteiger partial charge in [0.15, 0.2) is 0 Å². The van der Waals surface area contributed by atoms with Crippen LogP contribution in [0.25, 0.3) is 0 Å². The lowest BCUT2D eigenvalue weighted by Gasteiger charge is -2.05. The summed E-state index contributed by atoms with van der Waals surface area (Å²) in [5.41, 5.74) is 0.938. The van der Waals surface area contributed by atoms with Gasteiger partial charge >= 0.3 is 5.30 Å². The van der Waals surface area contributed by atoms with Gasteiger partial charge in [0.25, 0.3) is 0 Å². The van der Waals surface area contributed by atoms with Crippen molar-refractivity contribution in [1.29, 1.82) is 0 Å². The van der Waals surface area contributed by atoms with Crippen LogP contribution in [0.1, 0.15) is 5.56 Å². The number of aliphatic imine (C=N–C) groups is 1. The number of carbonyl (C=O) groups is 1. The second-order valence-electron chi connectivity index (χ2n) is 2.94. The number of thiocarbonyl (C=S) groups is 1. The topological polar surface area (TPSA) is 38.7 Å². The van der Waals surface area contributed by atoms with Crippen molar-refractivity contribution in [3.8, 4) is 5.75 Å². The Morgan fingerprint density at radius 2 is 2.31 bits per heavy atom. The molecular weight excluding hydrogens is 242 g/mol. The normalized spacial score (nSPS) is 9.31. The molecule has 0 heterocycles. The summed E-state index contributed by atoms with van der Waals surface area (Å²) in [6, 6.07) is 7.39. The van der Waals surface area contributed by atoms with Gasteiger partial charge in [-0.1, -0.05) is 18.2 Å². The third kappa shape index (κ3) is 4.57. The molecule has 0 aliphatic rings. The first-order valence-corrected chi connectivity index (χ1v) is 6.07. The van der Waals surface area contributed by atoms with Crippen LogP contribution in [-0.4, -0.2) is 22.8 Å². The summed E-state index contributed by atoms with van der Waals surface area (Å²) in [6.07, 6.45) is 0. The first kappa shape index (κ1) is 12.9. The molecule has 0 radical (unpaired) electrons. The smallest absolute Gasteiger partial charge is 0.372 e. The van der Waals surface area contributed by atoms with Crippen molar-refractivity contribution in [2.45, 2.75) is 6.92 Å². The van der Waals surface area contributed by atoms with Crippen LogP contribution in [0.5, 0.6) is 5.75 Å². The minimum atomic E-state index is -0.325. The van der Waals surface area contributed by atoms with Gasteiger partial charge < -0.3 is 4.74 Å². The number of hydrogen-bond acceptors (Lipinski definition) is 5. The molecule has 16 heavy (non-hydrogen) atoms. The average molecular weight is 253 g/mol. The maximum absolute atomic E-state index is 11.4. The van der Waals surface area contributed by atoms with E-state index in [4.69, 9.17) is 4.74 Å². The monoisotopic (exact) mass is 253 g/mol. The summed E-state index contributed by atoms with van der Waals surface area (Å²) >= 11 is 5.49. The number of thioether (sulfide) groups is 1. The second kappa shape index (κ2) is 7.17. The van der Waals surface area contributed by atoms with E-state index in [1.54, 1.807) is 6.07 Å². The van der Waals surface area contributed by atoms with Crippen LogP contribution in [-0.2, 0) is 0 Å². The summed E-state index contributed by atoms with van der Waals surface area (Å²) in [4.78, 5) is 15.1. The molecule has 0 aliphatic heterocycles. The molecule has 1 aromatic carbocycles. The molecule has 0 saturated heterocycles. The molecule has 0 saturated carbocycles. The van der Waals surface area contributed by atoms with Gasteiger partial charge in [-0.15, -0.1) is 0 Å². The third-order valence-electron chi connectivity index (χ3n) is 1.77. The Balaban J connectivity index is 2.40. The quantitative estimate of drug-likeness (QED) is 0.357. The molecule has 0 atom stereocenters. The Morgan fingerprint density at radius 3 is 3.00 bits per heavy atom. The first-order chi connectivity index (χ1) is 7.74. The zero-order valence-electron chi connectivity index (χ0n) is 8.80. The minimum Gasteiger partial charge on any atom is -0.418 e. The van der Waals surface area contributed by atoms with E-state index in [0.29, 0.717) is 18.0 Å². The summed E-state index contributed by atoms with van der Waals surface area (Å²) < 4.78 is 5.16. The standard InChI is InChI=1S/C11H11NO2S2/c1-9-4-2-3-5-10(9)14-11(13)16-7-6-12-8-15/h2-5H,6-7H2,1H3. The predicted octanol–water partition coefficient (Wildman–Crippen LogP) is 3.33. The maximum atomic E-state index is 11.4. The Hall–Kier alpha value is -1.16. The number of hydrogen-bond donors (Lipinski definition) is 0. The summed E-state index contributed by atoms with van der Waals surface area (Å²) in [6.45, 7) is 2.38. The number of carbonyl (C=O) groups excluding carboxylic acids is 1. The first-order valence-electron chi connectivity index (χ1n) is 4.68. The fourth-order valence-corrected chi connectivity index (χ4v) is 1.60. The van der Waals surface area contributed by atoms with Crippen molar-refractivity contribution < 1.29 is 9.53 Å². The fraction of sp³-hybridized carbons (Fsp3) is 0.273. The maximum Gasteiger partial charge on any atom is 0.372 e. The molecule has 1 aromatic rings. The van der Waals surface area contributed by atoms with Crippen LogP contribution < -0.4 is 4.74 Å². The zero-order valence-corrected chi connectivity index (χ0v) is 10.4. The lowest BCUT2D eigenvalue weighted by Crippen LogP contribution is -2.03. The van der Waals surface area contributed by atoms with Gasteiger partial charge in [0, 0.05) is 5.75 Å². The number of isothiocyanates is 1. The molecule has 3 nitrogen and oxygen atoms in total. The molecule has 0 amide bonds. The van der Waals surface area contributed by atoms with Crippen molar-refractivity contribution in [2.75, 3.05) is 12.3 Å². The van der Waals surface area contributed by atoms with Gasteiger partial charge in [-0.2, -0.15) is 0 Å². The van der Waals surface area contributed by atoms with Crippen molar-refractivity contribution >= 4 is 34.4 Å². The SMILES string of the molecule is Cc1ccccc1OC(=O)SCCN=C=S. The Morgan fingerprint density at radius 1 is 1.56 bits per heavy atom. The van der Waals surface area contributed by atoms with E-state index in [-0.39, 0.29) is 5.30 Å². The lowest BCUT2D eigenvalue weighted by atomic mass is 10.2. The van der Waals surface area contributed by atoms with E-state index in [2.05, 4.69) is 22.4 Å². The van der Waals surface area contributed by atoms with Gasteiger partial charge in [-0.3, -0.25) is 0 Å². The summed E-state index contributed by atoms with van der Waals surface area (Å²) in [7, 11) is 0. The Labute approximate surface area is 104 Å². The van der Waals surface area contributed by atoms with Crippen LogP contribution in [0.15, 0.2) is 29.3 Å². The molecule has 5 heteroatoms. The molecule has 1 rings (SSSR count). The van der Waals surface area contributed by atoms with Gasteiger partial charge in [-0.25, -0.2) is 9.79 Å². The molecule has 0 aromatic heterocycles. The highest BCUT2D eigenvalue weighted by Crippen LogP contribution is 2.19. The highest BCUT2D eigenvalue weighted by Gasteiger charge is 2.06. The van der Waals surface area contributed by atoms with Gasteiger partial charge in [-0.05, 0) is 42.5 Å². The van der Waals surface area contributed by atoms with Crippen LogP contribution in [0.4, 0.5) is 4.79 Å². The Bertz CT molecular complexity index is 414. The van der Waals surface area contributed by atoms with E-state index in [1.807, 2.05) is 25.1 Å². The molecule has 0 aliphatic carbocycles.